The molecule has 104 valence electrons. The van der Waals surface area contributed by atoms with Crippen LogP contribution in [0.2, 0.25) is 0 Å². The van der Waals surface area contributed by atoms with Crippen LogP contribution in [0.3, 0.4) is 0 Å². The zero-order valence-electron chi connectivity index (χ0n) is 10.9. The quantitative estimate of drug-likeness (QED) is 0.688. The lowest BCUT2D eigenvalue weighted by molar-refractivity contribution is 0.133. The van der Waals surface area contributed by atoms with Crippen molar-refractivity contribution in [3.63, 3.8) is 0 Å². The molecule has 1 aromatic carbocycles. The van der Waals surface area contributed by atoms with Crippen LogP contribution in [0.25, 0.3) is 0 Å². The van der Waals surface area contributed by atoms with Crippen molar-refractivity contribution >= 4 is 38.5 Å². The molecule has 0 spiro atoms. The van der Waals surface area contributed by atoms with Crippen molar-refractivity contribution in [3.05, 3.63) is 61.4 Å². The summed E-state index contributed by atoms with van der Waals surface area (Å²) in [5, 5.41) is 10.8. The van der Waals surface area contributed by atoms with Gasteiger partial charge in [0.15, 0.2) is 0 Å². The summed E-state index contributed by atoms with van der Waals surface area (Å²) in [5.41, 5.74) is 3.31. The molecule has 20 heavy (non-hydrogen) atoms. The van der Waals surface area contributed by atoms with Crippen LogP contribution in [0.15, 0.2) is 41.0 Å². The molecule has 0 amide bonds. The lowest BCUT2D eigenvalue weighted by Crippen LogP contribution is -2.19. The van der Waals surface area contributed by atoms with Crippen molar-refractivity contribution in [2.24, 2.45) is 0 Å². The molecule has 1 heterocycles. The second kappa shape index (κ2) is 6.12. The summed E-state index contributed by atoms with van der Waals surface area (Å²) in [6.07, 6.45) is 4.49. The topological polar surface area (TPSA) is 33.1 Å². The molecule has 4 heteroatoms. The predicted octanol–water partition coefficient (Wildman–Crippen LogP) is 4.60. The van der Waals surface area contributed by atoms with E-state index in [1.807, 2.05) is 30.5 Å². The molecule has 0 fully saturated rings. The van der Waals surface area contributed by atoms with Crippen LogP contribution in [0.1, 0.15) is 41.7 Å². The smallest absolute Gasteiger partial charge is 0.0885 e. The number of aliphatic hydroxyl groups is 1. The van der Waals surface area contributed by atoms with E-state index in [9.17, 15) is 5.11 Å². The van der Waals surface area contributed by atoms with E-state index in [4.69, 9.17) is 0 Å². The predicted molar refractivity (Wildman–Crippen MR) is 91.7 cm³/mol. The van der Waals surface area contributed by atoms with Crippen LogP contribution in [-0.2, 0) is 6.42 Å². The first kappa shape index (κ1) is 14.5. The average molecular weight is 444 g/mol. The number of benzene rings is 1. The van der Waals surface area contributed by atoms with Gasteiger partial charge >= 0.3 is 0 Å². The Morgan fingerprint density at radius 2 is 2.20 bits per heavy atom. The number of hydrogen-bond acceptors (Lipinski definition) is 2. The van der Waals surface area contributed by atoms with Gasteiger partial charge in [-0.15, -0.1) is 0 Å². The Labute approximate surface area is 140 Å². The zero-order chi connectivity index (χ0) is 14.1. The van der Waals surface area contributed by atoms with E-state index in [0.717, 1.165) is 38.6 Å². The monoisotopic (exact) mass is 443 g/mol. The van der Waals surface area contributed by atoms with Crippen molar-refractivity contribution < 1.29 is 5.11 Å². The number of aliphatic hydroxyl groups excluding tert-OH is 1. The van der Waals surface area contributed by atoms with E-state index in [-0.39, 0.29) is 5.92 Å². The Morgan fingerprint density at radius 3 is 3.05 bits per heavy atom. The fourth-order valence-electron chi connectivity index (χ4n) is 2.91. The molecule has 1 N–H and O–H groups in total. The van der Waals surface area contributed by atoms with Gasteiger partial charge in [0.25, 0.3) is 0 Å². The summed E-state index contributed by atoms with van der Waals surface area (Å²) in [6, 6.07) is 10.2. The Kier molecular flexibility index (Phi) is 4.43. The molecule has 0 bridgehead atoms. The average Bonchev–Trinajstić information content (AvgIpc) is 2.48. The summed E-state index contributed by atoms with van der Waals surface area (Å²) in [5.74, 6) is 0.0921. The SMILES string of the molecule is OC(c1cc(I)ccc1Br)C1CCCc2cccnc21. The molecule has 2 aromatic rings. The largest absolute Gasteiger partial charge is 0.388 e. The maximum atomic E-state index is 10.8. The van der Waals surface area contributed by atoms with Gasteiger partial charge in [0, 0.05) is 25.9 Å². The summed E-state index contributed by atoms with van der Waals surface area (Å²) in [4.78, 5) is 4.52. The van der Waals surface area contributed by atoms with Gasteiger partial charge in [-0.05, 0) is 77.2 Å². The van der Waals surface area contributed by atoms with Crippen LogP contribution in [0.4, 0.5) is 0 Å². The minimum absolute atomic E-state index is 0.0921. The van der Waals surface area contributed by atoms with E-state index in [1.54, 1.807) is 0 Å². The fourth-order valence-corrected chi connectivity index (χ4v) is 3.91. The number of aryl methyl sites for hydroxylation is 1. The highest BCUT2D eigenvalue weighted by atomic mass is 127. The minimum Gasteiger partial charge on any atom is -0.388 e. The van der Waals surface area contributed by atoms with Crippen LogP contribution < -0.4 is 0 Å². The minimum atomic E-state index is -0.506. The molecule has 2 atom stereocenters. The number of hydrogen-bond donors (Lipinski definition) is 1. The number of rotatable bonds is 2. The lowest BCUT2D eigenvalue weighted by Gasteiger charge is -2.29. The number of pyridine rings is 1. The normalized spacial score (nSPS) is 19.4. The highest BCUT2D eigenvalue weighted by Gasteiger charge is 2.29. The van der Waals surface area contributed by atoms with Gasteiger partial charge in [-0.2, -0.15) is 0 Å². The Balaban J connectivity index is 1.99. The van der Waals surface area contributed by atoms with Crippen molar-refractivity contribution in [1.82, 2.24) is 4.98 Å². The van der Waals surface area contributed by atoms with Gasteiger partial charge in [-0.1, -0.05) is 22.0 Å². The third kappa shape index (κ3) is 2.78. The molecule has 2 nitrogen and oxygen atoms in total. The third-order valence-corrected chi connectivity index (χ3v) is 5.29. The summed E-state index contributed by atoms with van der Waals surface area (Å²) >= 11 is 5.83. The fraction of sp³-hybridized carbons (Fsp3) is 0.312. The van der Waals surface area contributed by atoms with E-state index in [1.165, 1.54) is 5.56 Å². The number of fused-ring (bicyclic) bond motifs is 1. The number of aromatic nitrogens is 1. The highest BCUT2D eigenvalue weighted by Crippen LogP contribution is 2.41. The van der Waals surface area contributed by atoms with Crippen LogP contribution >= 0.6 is 38.5 Å². The van der Waals surface area contributed by atoms with Gasteiger partial charge in [0.2, 0.25) is 0 Å². The summed E-state index contributed by atoms with van der Waals surface area (Å²) < 4.78 is 2.10. The van der Waals surface area contributed by atoms with Gasteiger partial charge in [0.1, 0.15) is 0 Å². The molecule has 2 unspecified atom stereocenters. The first-order chi connectivity index (χ1) is 9.66. The van der Waals surface area contributed by atoms with Gasteiger partial charge < -0.3 is 5.11 Å². The molecule has 1 aromatic heterocycles. The van der Waals surface area contributed by atoms with Gasteiger partial charge in [0.05, 0.1) is 6.10 Å². The molecular weight excluding hydrogens is 429 g/mol. The highest BCUT2D eigenvalue weighted by molar-refractivity contribution is 14.1. The summed E-state index contributed by atoms with van der Waals surface area (Å²) in [6.45, 7) is 0. The Morgan fingerprint density at radius 1 is 1.35 bits per heavy atom. The molecule has 0 aliphatic heterocycles. The van der Waals surface area contributed by atoms with Gasteiger partial charge in [-0.25, -0.2) is 0 Å². The molecule has 1 aliphatic carbocycles. The second-order valence-corrected chi connectivity index (χ2v) is 7.26. The molecule has 0 saturated heterocycles. The molecule has 1 aliphatic rings. The lowest BCUT2D eigenvalue weighted by atomic mass is 9.81. The summed E-state index contributed by atoms with van der Waals surface area (Å²) in [7, 11) is 0. The van der Waals surface area contributed by atoms with Crippen LogP contribution in [-0.4, -0.2) is 10.1 Å². The van der Waals surface area contributed by atoms with Crippen molar-refractivity contribution in [2.45, 2.75) is 31.3 Å². The molecule has 0 radical (unpaired) electrons. The standard InChI is InChI=1S/C16H15BrINO/c17-14-7-6-11(18)9-13(14)16(20)12-5-1-3-10-4-2-8-19-15(10)12/h2,4,6-9,12,16,20H,1,3,5H2. The molecular formula is C16H15BrINO. The second-order valence-electron chi connectivity index (χ2n) is 5.16. The zero-order valence-corrected chi connectivity index (χ0v) is 14.6. The Bertz CT molecular complexity index is 632. The van der Waals surface area contributed by atoms with Crippen molar-refractivity contribution in [3.8, 4) is 0 Å². The van der Waals surface area contributed by atoms with Crippen LogP contribution in [0, 0.1) is 3.57 Å². The van der Waals surface area contributed by atoms with E-state index < -0.39 is 6.10 Å². The Hall–Kier alpha value is -0.460. The van der Waals surface area contributed by atoms with Gasteiger partial charge in [-0.3, -0.25) is 4.98 Å². The number of halogens is 2. The van der Waals surface area contributed by atoms with E-state index >= 15 is 0 Å². The van der Waals surface area contributed by atoms with E-state index in [0.29, 0.717) is 0 Å². The van der Waals surface area contributed by atoms with Crippen molar-refractivity contribution in [1.29, 1.82) is 0 Å². The third-order valence-electron chi connectivity index (χ3n) is 3.90. The van der Waals surface area contributed by atoms with Crippen LogP contribution in [0.5, 0.6) is 0 Å². The van der Waals surface area contributed by atoms with Crippen molar-refractivity contribution in [2.75, 3.05) is 0 Å². The molecule has 0 saturated carbocycles. The maximum absolute atomic E-state index is 10.8. The number of nitrogens with zero attached hydrogens (tertiary/aromatic N) is 1. The first-order valence-corrected chi connectivity index (χ1v) is 8.61. The van der Waals surface area contributed by atoms with E-state index in [2.05, 4.69) is 49.6 Å². The first-order valence-electron chi connectivity index (χ1n) is 6.73. The molecule has 3 rings (SSSR count). The maximum Gasteiger partial charge on any atom is 0.0885 e.